The van der Waals surface area contributed by atoms with Gasteiger partial charge in [0.25, 0.3) is 11.8 Å². The largest absolute Gasteiger partial charge is 0.370 e. The summed E-state index contributed by atoms with van der Waals surface area (Å²) in [6.07, 6.45) is 0.545. The predicted molar refractivity (Wildman–Crippen MR) is 57.8 cm³/mol. The van der Waals surface area contributed by atoms with Gasteiger partial charge in [-0.25, -0.2) is 4.99 Å². The Morgan fingerprint density at radius 2 is 2.19 bits per heavy atom. The number of hydrogen-bond acceptors (Lipinski definition) is 5. The van der Waals surface area contributed by atoms with Crippen LogP contribution < -0.4 is 11.1 Å². The number of nitrogens with two attached hydrogens (primary N) is 1. The number of amides is 2. The maximum atomic E-state index is 11.6. The van der Waals surface area contributed by atoms with Crippen molar-refractivity contribution in [2.75, 3.05) is 0 Å². The van der Waals surface area contributed by atoms with Crippen molar-refractivity contribution in [3.63, 3.8) is 0 Å². The van der Waals surface area contributed by atoms with Gasteiger partial charge < -0.3 is 10.6 Å². The zero-order chi connectivity index (χ0) is 11.9. The van der Waals surface area contributed by atoms with Gasteiger partial charge in [0.05, 0.1) is 6.21 Å². The number of nitrogens with zero attached hydrogens (tertiary/aromatic N) is 3. The molecule has 2 unspecified atom stereocenters. The number of fused-ring (bicyclic) bond motifs is 1. The fourth-order valence-electron chi connectivity index (χ4n) is 1.84. The molecule has 2 rings (SSSR count). The summed E-state index contributed by atoms with van der Waals surface area (Å²) in [5.41, 5.74) is 5.47. The smallest absolute Gasteiger partial charge is 0.266 e. The lowest BCUT2D eigenvalue weighted by atomic mass is 10.1. The minimum atomic E-state index is -0.688. The highest BCUT2D eigenvalue weighted by atomic mass is 16.2. The highest BCUT2D eigenvalue weighted by molar-refractivity contribution is 6.27. The third kappa shape index (κ3) is 1.54. The van der Waals surface area contributed by atoms with E-state index in [9.17, 15) is 9.59 Å². The third-order valence-electron chi connectivity index (χ3n) is 2.52. The van der Waals surface area contributed by atoms with Crippen LogP contribution in [0.4, 0.5) is 0 Å². The summed E-state index contributed by atoms with van der Waals surface area (Å²) < 4.78 is 0. The van der Waals surface area contributed by atoms with Gasteiger partial charge in [-0.15, -0.1) is 0 Å². The fourth-order valence-corrected chi connectivity index (χ4v) is 1.84. The van der Waals surface area contributed by atoms with Crippen LogP contribution in [0.15, 0.2) is 9.98 Å². The Balaban J connectivity index is 2.41. The van der Waals surface area contributed by atoms with Gasteiger partial charge in [0, 0.05) is 6.04 Å². The SMILES string of the molecule is CC(C)N1C(=O)C=NC2C(=O)NC(N)=NC21. The van der Waals surface area contributed by atoms with Crippen LogP contribution >= 0.6 is 0 Å². The number of hydrogen-bond donors (Lipinski definition) is 2. The molecule has 0 aromatic rings. The standard InChI is InChI=1S/C9H13N5O2/c1-4(2)14-5(15)3-11-6-7(14)12-9(10)13-8(6)16/h3-4,6-7H,1-2H3,(H3,10,12,13,16). The zero-order valence-corrected chi connectivity index (χ0v) is 9.04. The first-order valence-electron chi connectivity index (χ1n) is 5.00. The maximum absolute atomic E-state index is 11.6. The summed E-state index contributed by atoms with van der Waals surface area (Å²) in [5, 5.41) is 2.39. The van der Waals surface area contributed by atoms with E-state index >= 15 is 0 Å². The first-order valence-corrected chi connectivity index (χ1v) is 5.00. The summed E-state index contributed by atoms with van der Waals surface area (Å²) in [6, 6.07) is -0.749. The van der Waals surface area contributed by atoms with Crippen LogP contribution in [-0.2, 0) is 9.59 Å². The van der Waals surface area contributed by atoms with Crippen LogP contribution in [0.1, 0.15) is 13.8 Å². The van der Waals surface area contributed by atoms with Crippen LogP contribution in [0.2, 0.25) is 0 Å². The number of carbonyl (C=O) groups excluding carboxylic acids is 2. The second-order valence-corrected chi connectivity index (χ2v) is 3.98. The monoisotopic (exact) mass is 223 g/mol. The average molecular weight is 223 g/mol. The summed E-state index contributed by atoms with van der Waals surface area (Å²) in [6.45, 7) is 3.71. The van der Waals surface area contributed by atoms with E-state index in [0.717, 1.165) is 6.21 Å². The molecule has 0 bridgehead atoms. The average Bonchev–Trinajstić information content (AvgIpc) is 2.15. The van der Waals surface area contributed by atoms with Crippen molar-refractivity contribution < 1.29 is 9.59 Å². The molecule has 2 amide bonds. The van der Waals surface area contributed by atoms with E-state index in [1.54, 1.807) is 0 Å². The summed E-state index contributed by atoms with van der Waals surface area (Å²) in [4.78, 5) is 32.7. The topological polar surface area (TPSA) is 100 Å². The summed E-state index contributed by atoms with van der Waals surface area (Å²) in [5.74, 6) is -0.545. The maximum Gasteiger partial charge on any atom is 0.266 e. The minimum Gasteiger partial charge on any atom is -0.370 e. The number of aliphatic imine (C=N–C) groups is 2. The van der Waals surface area contributed by atoms with Crippen LogP contribution in [0, 0.1) is 0 Å². The first-order chi connectivity index (χ1) is 7.50. The van der Waals surface area contributed by atoms with E-state index in [-0.39, 0.29) is 23.8 Å². The first kappa shape index (κ1) is 10.6. The molecule has 7 nitrogen and oxygen atoms in total. The molecule has 86 valence electrons. The van der Waals surface area contributed by atoms with Gasteiger partial charge in [-0.2, -0.15) is 0 Å². The van der Waals surface area contributed by atoms with Gasteiger partial charge in [0.1, 0.15) is 0 Å². The van der Waals surface area contributed by atoms with Crippen molar-refractivity contribution >= 4 is 24.0 Å². The van der Waals surface area contributed by atoms with Crippen LogP contribution in [-0.4, -0.2) is 47.1 Å². The van der Waals surface area contributed by atoms with Crippen LogP contribution in [0.3, 0.4) is 0 Å². The molecule has 0 saturated carbocycles. The van der Waals surface area contributed by atoms with E-state index in [4.69, 9.17) is 5.73 Å². The lowest BCUT2D eigenvalue weighted by molar-refractivity contribution is -0.132. The number of guanidine groups is 1. The Kier molecular flexibility index (Phi) is 2.37. The molecule has 0 saturated heterocycles. The van der Waals surface area contributed by atoms with Gasteiger partial charge in [0.2, 0.25) is 0 Å². The molecule has 3 N–H and O–H groups in total. The highest BCUT2D eigenvalue weighted by Gasteiger charge is 2.41. The Bertz CT molecular complexity index is 401. The molecular weight excluding hydrogens is 210 g/mol. The second kappa shape index (κ2) is 3.58. The minimum absolute atomic E-state index is 0.0294. The van der Waals surface area contributed by atoms with Crippen molar-refractivity contribution in [1.29, 1.82) is 0 Å². The molecule has 0 aromatic carbocycles. The molecule has 2 atom stereocenters. The highest BCUT2D eigenvalue weighted by Crippen LogP contribution is 2.19. The normalized spacial score (nSPS) is 28.9. The molecule has 0 spiro atoms. The quantitative estimate of drug-likeness (QED) is 0.562. The van der Waals surface area contributed by atoms with E-state index in [1.165, 1.54) is 4.90 Å². The molecule has 16 heavy (non-hydrogen) atoms. The number of rotatable bonds is 1. The van der Waals surface area contributed by atoms with Crippen molar-refractivity contribution in [3.05, 3.63) is 0 Å². The fraction of sp³-hybridized carbons (Fsp3) is 0.556. The van der Waals surface area contributed by atoms with Crippen LogP contribution in [0.5, 0.6) is 0 Å². The van der Waals surface area contributed by atoms with E-state index < -0.39 is 12.2 Å². The third-order valence-corrected chi connectivity index (χ3v) is 2.52. The van der Waals surface area contributed by atoms with Crippen LogP contribution in [0.25, 0.3) is 0 Å². The van der Waals surface area contributed by atoms with Gasteiger partial charge in [-0.3, -0.25) is 19.9 Å². The second-order valence-electron chi connectivity index (χ2n) is 3.98. The van der Waals surface area contributed by atoms with E-state index in [0.29, 0.717) is 0 Å². The molecule has 2 aliphatic heterocycles. The Hall–Kier alpha value is -1.92. The van der Waals surface area contributed by atoms with Gasteiger partial charge in [-0.05, 0) is 13.8 Å². The Morgan fingerprint density at radius 1 is 1.50 bits per heavy atom. The van der Waals surface area contributed by atoms with Gasteiger partial charge in [0.15, 0.2) is 18.2 Å². The van der Waals surface area contributed by atoms with E-state index in [1.807, 2.05) is 13.8 Å². The molecule has 0 aliphatic carbocycles. The molecule has 2 aliphatic rings. The van der Waals surface area contributed by atoms with Crippen molar-refractivity contribution in [1.82, 2.24) is 10.2 Å². The van der Waals surface area contributed by atoms with E-state index in [2.05, 4.69) is 15.3 Å². The molecule has 2 heterocycles. The van der Waals surface area contributed by atoms with Crippen molar-refractivity contribution in [3.8, 4) is 0 Å². The summed E-state index contributed by atoms with van der Waals surface area (Å²) in [7, 11) is 0. The summed E-state index contributed by atoms with van der Waals surface area (Å²) >= 11 is 0. The molecule has 7 heteroatoms. The molecule has 0 fully saturated rings. The van der Waals surface area contributed by atoms with Crippen molar-refractivity contribution in [2.45, 2.75) is 32.1 Å². The Morgan fingerprint density at radius 3 is 2.81 bits per heavy atom. The molecule has 0 radical (unpaired) electrons. The molecule has 0 aromatic heterocycles. The predicted octanol–water partition coefficient (Wildman–Crippen LogP) is -1.55. The molecular formula is C9H13N5O2. The van der Waals surface area contributed by atoms with Gasteiger partial charge >= 0.3 is 0 Å². The number of nitrogens with one attached hydrogen (secondary N) is 1. The zero-order valence-electron chi connectivity index (χ0n) is 9.04. The van der Waals surface area contributed by atoms with Gasteiger partial charge in [-0.1, -0.05) is 0 Å². The van der Waals surface area contributed by atoms with Crippen molar-refractivity contribution in [2.24, 2.45) is 15.7 Å². The Labute approximate surface area is 92.4 Å². The number of carbonyl (C=O) groups is 2. The lowest BCUT2D eigenvalue weighted by Crippen LogP contribution is -2.61. The lowest BCUT2D eigenvalue weighted by Gasteiger charge is -2.38.